The van der Waals surface area contributed by atoms with Crippen LogP contribution >= 0.6 is 11.6 Å². The molecule has 1 aliphatic carbocycles. The first-order chi connectivity index (χ1) is 12.4. The fourth-order valence-electron chi connectivity index (χ4n) is 2.94. The zero-order valence-electron chi connectivity index (χ0n) is 14.0. The lowest BCUT2D eigenvalue weighted by atomic mass is 10.1. The van der Waals surface area contributed by atoms with Crippen molar-refractivity contribution in [2.45, 2.75) is 29.9 Å². The van der Waals surface area contributed by atoms with Crippen LogP contribution in [0, 0.1) is 11.7 Å². The molecular weight excluding hydrogens is 372 g/mol. The van der Waals surface area contributed by atoms with Crippen molar-refractivity contribution >= 4 is 21.3 Å². The van der Waals surface area contributed by atoms with Crippen LogP contribution in [0.2, 0.25) is 5.02 Å². The Morgan fingerprint density at radius 2 is 1.92 bits per heavy atom. The van der Waals surface area contributed by atoms with E-state index in [-0.39, 0.29) is 10.8 Å². The average Bonchev–Trinajstić information content (AvgIpc) is 3.43. The third kappa shape index (κ3) is 2.87. The molecule has 134 valence electrons. The van der Waals surface area contributed by atoms with Gasteiger partial charge in [-0.2, -0.15) is 0 Å². The van der Waals surface area contributed by atoms with Gasteiger partial charge in [0.1, 0.15) is 0 Å². The van der Waals surface area contributed by atoms with E-state index in [0.717, 1.165) is 18.4 Å². The molecule has 2 N–H and O–H groups in total. The van der Waals surface area contributed by atoms with Gasteiger partial charge in [0.2, 0.25) is 0 Å². The summed E-state index contributed by atoms with van der Waals surface area (Å²) in [4.78, 5) is 17.5. The molecule has 26 heavy (non-hydrogen) atoms. The number of halogens is 1. The van der Waals surface area contributed by atoms with Crippen molar-refractivity contribution in [2.75, 3.05) is 0 Å². The largest absolute Gasteiger partial charge is 0.293 e. The Labute approximate surface area is 155 Å². The summed E-state index contributed by atoms with van der Waals surface area (Å²) in [5.74, 6) is 0.396. The second-order valence-electron chi connectivity index (χ2n) is 6.41. The van der Waals surface area contributed by atoms with E-state index in [1.807, 2.05) is 6.92 Å². The summed E-state index contributed by atoms with van der Waals surface area (Å²) in [5, 5.41) is 3.56. The van der Waals surface area contributed by atoms with E-state index < -0.39 is 9.73 Å². The van der Waals surface area contributed by atoms with Crippen molar-refractivity contribution < 1.29 is 4.21 Å². The molecule has 1 saturated carbocycles. The fraction of sp³-hybridized carbons (Fsp3) is 0.222. The molecule has 0 amide bonds. The van der Waals surface area contributed by atoms with Crippen LogP contribution in [0.15, 0.2) is 52.3 Å². The zero-order valence-corrected chi connectivity index (χ0v) is 15.6. The number of hydrogen-bond acceptors (Lipinski definition) is 4. The molecule has 2 heterocycles. The van der Waals surface area contributed by atoms with Crippen molar-refractivity contribution in [1.29, 1.82) is 4.78 Å². The number of aryl methyl sites for hydroxylation is 1. The van der Waals surface area contributed by atoms with E-state index in [2.05, 4.69) is 10.1 Å². The smallest absolute Gasteiger partial charge is 0.280 e. The van der Waals surface area contributed by atoms with Crippen LogP contribution in [0.4, 0.5) is 0 Å². The topological polar surface area (TPSA) is 91.6 Å². The van der Waals surface area contributed by atoms with Gasteiger partial charge >= 0.3 is 0 Å². The van der Waals surface area contributed by atoms with E-state index >= 15 is 0 Å². The molecule has 4 rings (SSSR count). The number of nitrogens with zero attached hydrogens (tertiary/aromatic N) is 2. The van der Waals surface area contributed by atoms with Crippen LogP contribution in [0.5, 0.6) is 0 Å². The summed E-state index contributed by atoms with van der Waals surface area (Å²) >= 11 is 5.92. The number of rotatable bonds is 4. The zero-order chi connectivity index (χ0) is 18.5. The molecule has 8 heteroatoms. The Kier molecular flexibility index (Phi) is 4.00. The molecule has 2 aromatic heterocycles. The summed E-state index contributed by atoms with van der Waals surface area (Å²) in [5.41, 5.74) is 1.81. The van der Waals surface area contributed by atoms with Crippen LogP contribution in [-0.2, 0) is 9.73 Å². The summed E-state index contributed by atoms with van der Waals surface area (Å²) in [6.45, 7) is 1.82. The molecule has 0 radical (unpaired) electrons. The summed E-state index contributed by atoms with van der Waals surface area (Å²) < 4.78 is 21.9. The molecule has 0 spiro atoms. The molecule has 0 unspecified atom stereocenters. The number of nitrogens with one attached hydrogen (secondary N) is 2. The van der Waals surface area contributed by atoms with Crippen molar-refractivity contribution in [3.63, 3.8) is 0 Å². The minimum atomic E-state index is -2.80. The quantitative estimate of drug-likeness (QED) is 0.712. The molecule has 0 bridgehead atoms. The first-order valence-corrected chi connectivity index (χ1v) is 10.2. The van der Waals surface area contributed by atoms with Gasteiger partial charge in [-0.1, -0.05) is 23.7 Å². The SMILES string of the molecule is Cc1[nH]n(-c2ccc([S@@](=N)(=O)C3CC3)cn2)c(=O)c1-c1ccc(Cl)cc1. The van der Waals surface area contributed by atoms with Crippen molar-refractivity contribution in [3.05, 3.63) is 63.7 Å². The highest BCUT2D eigenvalue weighted by Gasteiger charge is 2.34. The van der Waals surface area contributed by atoms with Gasteiger partial charge in [0.05, 0.1) is 20.2 Å². The lowest BCUT2D eigenvalue weighted by Gasteiger charge is -2.06. The maximum Gasteiger partial charge on any atom is 0.280 e. The van der Waals surface area contributed by atoms with Crippen molar-refractivity contribution in [1.82, 2.24) is 14.8 Å². The standard InChI is InChI=1S/C18H17ClN4O2S/c1-11-17(12-2-4-13(19)5-3-12)18(24)23(22-11)16-9-8-15(10-21-16)26(20,25)14-6-7-14/h2-5,8-10,14,20,22H,6-7H2,1H3/t26-/m0/s1. The number of hydrogen-bond donors (Lipinski definition) is 2. The van der Waals surface area contributed by atoms with Crippen LogP contribution in [0.25, 0.3) is 16.9 Å². The van der Waals surface area contributed by atoms with Gasteiger partial charge in [0.25, 0.3) is 5.56 Å². The Hall–Kier alpha value is -2.38. The number of benzene rings is 1. The minimum Gasteiger partial charge on any atom is -0.293 e. The first-order valence-electron chi connectivity index (χ1n) is 8.19. The molecule has 1 fully saturated rings. The van der Waals surface area contributed by atoms with Gasteiger partial charge in [0.15, 0.2) is 5.82 Å². The van der Waals surface area contributed by atoms with Crippen LogP contribution in [0.3, 0.4) is 0 Å². The van der Waals surface area contributed by atoms with Gasteiger partial charge in [-0.05, 0) is 49.6 Å². The highest BCUT2D eigenvalue weighted by atomic mass is 35.5. The van der Waals surface area contributed by atoms with Crippen LogP contribution in [-0.4, -0.2) is 24.2 Å². The van der Waals surface area contributed by atoms with Gasteiger partial charge in [-0.3, -0.25) is 9.89 Å². The van der Waals surface area contributed by atoms with E-state index in [9.17, 15) is 9.00 Å². The predicted molar refractivity (Wildman–Crippen MR) is 102 cm³/mol. The van der Waals surface area contributed by atoms with E-state index in [0.29, 0.717) is 27.0 Å². The fourth-order valence-corrected chi connectivity index (χ4v) is 4.73. The predicted octanol–water partition coefficient (Wildman–Crippen LogP) is 3.76. The monoisotopic (exact) mass is 388 g/mol. The summed E-state index contributed by atoms with van der Waals surface area (Å²) in [6, 6.07) is 10.3. The van der Waals surface area contributed by atoms with Gasteiger partial charge in [0, 0.05) is 22.2 Å². The average molecular weight is 389 g/mol. The van der Waals surface area contributed by atoms with Gasteiger partial charge in [-0.25, -0.2) is 18.7 Å². The molecule has 1 atom stereocenters. The minimum absolute atomic E-state index is 0.0675. The number of H-pyrrole nitrogens is 1. The Bertz CT molecular complexity index is 1130. The summed E-state index contributed by atoms with van der Waals surface area (Å²) in [6.07, 6.45) is 3.08. The van der Waals surface area contributed by atoms with Crippen molar-refractivity contribution in [3.8, 4) is 16.9 Å². The summed E-state index contributed by atoms with van der Waals surface area (Å²) in [7, 11) is -2.80. The highest BCUT2D eigenvalue weighted by Crippen LogP contribution is 2.33. The van der Waals surface area contributed by atoms with E-state index in [4.69, 9.17) is 16.4 Å². The van der Waals surface area contributed by atoms with E-state index in [1.54, 1.807) is 36.4 Å². The Balaban J connectivity index is 1.74. The third-order valence-corrected chi connectivity index (χ3v) is 7.10. The normalized spacial score (nSPS) is 16.4. The third-order valence-electron chi connectivity index (χ3n) is 4.50. The number of aromatic nitrogens is 3. The molecule has 1 aliphatic rings. The molecule has 0 saturated heterocycles. The van der Waals surface area contributed by atoms with Crippen molar-refractivity contribution in [2.24, 2.45) is 0 Å². The number of aromatic amines is 1. The lowest BCUT2D eigenvalue weighted by molar-refractivity contribution is 0.673. The van der Waals surface area contributed by atoms with Crippen LogP contribution in [0.1, 0.15) is 18.5 Å². The first kappa shape index (κ1) is 17.1. The molecule has 0 aliphatic heterocycles. The Morgan fingerprint density at radius 1 is 1.23 bits per heavy atom. The number of pyridine rings is 1. The van der Waals surface area contributed by atoms with Gasteiger partial charge in [-0.15, -0.1) is 0 Å². The molecular formula is C18H17ClN4O2S. The Morgan fingerprint density at radius 3 is 2.50 bits per heavy atom. The second-order valence-corrected chi connectivity index (χ2v) is 9.19. The highest BCUT2D eigenvalue weighted by molar-refractivity contribution is 7.93. The molecule has 1 aromatic carbocycles. The van der Waals surface area contributed by atoms with Crippen LogP contribution < -0.4 is 5.56 Å². The maximum absolute atomic E-state index is 12.8. The molecule has 3 aromatic rings. The second kappa shape index (κ2) is 6.10. The lowest BCUT2D eigenvalue weighted by Crippen LogP contribution is -2.17. The van der Waals surface area contributed by atoms with Gasteiger partial charge < -0.3 is 0 Å². The van der Waals surface area contributed by atoms with E-state index in [1.165, 1.54) is 10.9 Å². The maximum atomic E-state index is 12.8. The molecule has 6 nitrogen and oxygen atoms in total.